The van der Waals surface area contributed by atoms with Gasteiger partial charge in [-0.2, -0.15) is 0 Å². The largest absolute Gasteiger partial charge is 0.504 e. The Labute approximate surface area is 84.9 Å². The van der Waals surface area contributed by atoms with Crippen molar-refractivity contribution >= 4 is 0 Å². The van der Waals surface area contributed by atoms with Crippen LogP contribution < -0.4 is 4.74 Å². The van der Waals surface area contributed by atoms with Gasteiger partial charge >= 0.3 is 0 Å². The number of hydrogen-bond acceptors (Lipinski definition) is 3. The number of aromatic hydroxyl groups is 1. The van der Waals surface area contributed by atoms with Gasteiger partial charge in [0.25, 0.3) is 0 Å². The smallest absolute Gasteiger partial charge is 0.162 e. The number of phenols is 1. The Morgan fingerprint density at radius 2 is 2.14 bits per heavy atom. The van der Waals surface area contributed by atoms with Crippen molar-refractivity contribution in [1.82, 2.24) is 4.90 Å². The Bertz CT molecular complexity index is 299. The van der Waals surface area contributed by atoms with Gasteiger partial charge in [-0.3, -0.25) is 0 Å². The average Bonchev–Trinajstić information content (AvgIpc) is 2.21. The third-order valence-corrected chi connectivity index (χ3v) is 2.28. The molecule has 0 amide bonds. The fourth-order valence-electron chi connectivity index (χ4n) is 1.26. The lowest BCUT2D eigenvalue weighted by atomic mass is 10.2. The summed E-state index contributed by atoms with van der Waals surface area (Å²) in [5, 5.41) is 9.78. The molecule has 0 aliphatic rings. The Hall–Kier alpha value is -1.22. The molecular formula is C11H17NO2. The summed E-state index contributed by atoms with van der Waals surface area (Å²) >= 11 is 0. The van der Waals surface area contributed by atoms with Crippen molar-refractivity contribution in [3.8, 4) is 11.5 Å². The van der Waals surface area contributed by atoms with Gasteiger partial charge in [-0.15, -0.1) is 0 Å². The molecule has 1 N–H and O–H groups in total. The third kappa shape index (κ3) is 2.39. The fraction of sp³-hybridized carbons (Fsp3) is 0.455. The molecule has 3 nitrogen and oxygen atoms in total. The SMILES string of the molecule is CCN(C)Cc1cccc(OC)c1O. The van der Waals surface area contributed by atoms with Gasteiger partial charge in [0.1, 0.15) is 0 Å². The van der Waals surface area contributed by atoms with Gasteiger partial charge in [0, 0.05) is 12.1 Å². The van der Waals surface area contributed by atoms with Crippen molar-refractivity contribution in [3.05, 3.63) is 23.8 Å². The van der Waals surface area contributed by atoms with Crippen LogP contribution in [0.2, 0.25) is 0 Å². The van der Waals surface area contributed by atoms with E-state index in [0.717, 1.165) is 18.7 Å². The van der Waals surface area contributed by atoms with E-state index in [4.69, 9.17) is 4.74 Å². The summed E-state index contributed by atoms with van der Waals surface area (Å²) in [5.41, 5.74) is 0.897. The maximum Gasteiger partial charge on any atom is 0.162 e. The van der Waals surface area contributed by atoms with Gasteiger partial charge in [0.2, 0.25) is 0 Å². The fourth-order valence-corrected chi connectivity index (χ4v) is 1.26. The first-order chi connectivity index (χ1) is 6.69. The molecule has 0 aliphatic heterocycles. The summed E-state index contributed by atoms with van der Waals surface area (Å²) in [6, 6.07) is 5.55. The highest BCUT2D eigenvalue weighted by Crippen LogP contribution is 2.29. The molecule has 0 aromatic heterocycles. The third-order valence-electron chi connectivity index (χ3n) is 2.28. The van der Waals surface area contributed by atoms with E-state index in [1.54, 1.807) is 13.2 Å². The van der Waals surface area contributed by atoms with Crippen LogP contribution in [0.5, 0.6) is 11.5 Å². The minimum absolute atomic E-state index is 0.246. The molecule has 0 spiro atoms. The van der Waals surface area contributed by atoms with Crippen LogP contribution >= 0.6 is 0 Å². The van der Waals surface area contributed by atoms with E-state index in [9.17, 15) is 5.11 Å². The highest BCUT2D eigenvalue weighted by molar-refractivity contribution is 5.45. The molecule has 1 aromatic rings. The van der Waals surface area contributed by atoms with E-state index in [1.165, 1.54) is 0 Å². The predicted octanol–water partition coefficient (Wildman–Crippen LogP) is 1.85. The predicted molar refractivity (Wildman–Crippen MR) is 56.7 cm³/mol. The summed E-state index contributed by atoms with van der Waals surface area (Å²) in [6.45, 7) is 3.77. The molecule has 0 heterocycles. The van der Waals surface area contributed by atoms with Crippen LogP contribution in [0.3, 0.4) is 0 Å². The minimum Gasteiger partial charge on any atom is -0.504 e. The van der Waals surface area contributed by atoms with Crippen LogP contribution in [-0.4, -0.2) is 30.7 Å². The van der Waals surface area contributed by atoms with Crippen molar-refractivity contribution in [2.45, 2.75) is 13.5 Å². The van der Waals surface area contributed by atoms with E-state index in [1.807, 2.05) is 19.2 Å². The first-order valence-corrected chi connectivity index (χ1v) is 4.72. The quantitative estimate of drug-likeness (QED) is 0.796. The van der Waals surface area contributed by atoms with Gasteiger partial charge < -0.3 is 14.7 Å². The normalized spacial score (nSPS) is 10.6. The maximum absolute atomic E-state index is 9.78. The van der Waals surface area contributed by atoms with Gasteiger partial charge in [0.05, 0.1) is 7.11 Å². The molecule has 0 unspecified atom stereocenters. The van der Waals surface area contributed by atoms with Crippen LogP contribution in [0.25, 0.3) is 0 Å². The highest BCUT2D eigenvalue weighted by Gasteiger charge is 2.08. The summed E-state index contributed by atoms with van der Waals surface area (Å²) in [7, 11) is 3.57. The van der Waals surface area contributed by atoms with Crippen molar-refractivity contribution in [1.29, 1.82) is 0 Å². The standard InChI is InChI=1S/C11H17NO2/c1-4-12(2)8-9-6-5-7-10(14-3)11(9)13/h5-7,13H,4,8H2,1-3H3. The molecule has 0 aliphatic carbocycles. The molecular weight excluding hydrogens is 178 g/mol. The number of benzene rings is 1. The first kappa shape index (κ1) is 10.9. The zero-order valence-corrected chi connectivity index (χ0v) is 8.95. The van der Waals surface area contributed by atoms with Crippen LogP contribution in [0.15, 0.2) is 18.2 Å². The molecule has 78 valence electrons. The average molecular weight is 195 g/mol. The van der Waals surface area contributed by atoms with Gasteiger partial charge in [-0.25, -0.2) is 0 Å². The van der Waals surface area contributed by atoms with Crippen LogP contribution in [0, 0.1) is 0 Å². The monoisotopic (exact) mass is 195 g/mol. The lowest BCUT2D eigenvalue weighted by molar-refractivity contribution is 0.328. The summed E-state index contributed by atoms with van der Waals surface area (Å²) in [6.07, 6.45) is 0. The van der Waals surface area contributed by atoms with Crippen molar-refractivity contribution in [2.24, 2.45) is 0 Å². The van der Waals surface area contributed by atoms with Gasteiger partial charge in [-0.05, 0) is 19.7 Å². The van der Waals surface area contributed by atoms with Crippen molar-refractivity contribution in [2.75, 3.05) is 20.7 Å². The summed E-state index contributed by atoms with van der Waals surface area (Å²) < 4.78 is 5.03. The zero-order valence-electron chi connectivity index (χ0n) is 8.95. The van der Waals surface area contributed by atoms with E-state index in [0.29, 0.717) is 5.75 Å². The summed E-state index contributed by atoms with van der Waals surface area (Å²) in [4.78, 5) is 2.12. The Balaban J connectivity index is 2.86. The topological polar surface area (TPSA) is 32.7 Å². The van der Waals surface area contributed by atoms with Gasteiger partial charge in [0.15, 0.2) is 11.5 Å². The van der Waals surface area contributed by atoms with Gasteiger partial charge in [-0.1, -0.05) is 19.1 Å². The summed E-state index contributed by atoms with van der Waals surface area (Å²) in [5.74, 6) is 0.780. The Morgan fingerprint density at radius 3 is 2.71 bits per heavy atom. The molecule has 0 radical (unpaired) electrons. The molecule has 0 saturated heterocycles. The van der Waals surface area contributed by atoms with E-state index < -0.39 is 0 Å². The lowest BCUT2D eigenvalue weighted by Gasteiger charge is -2.15. The minimum atomic E-state index is 0.246. The number of para-hydroxylation sites is 1. The molecule has 0 bridgehead atoms. The molecule has 3 heteroatoms. The number of phenolic OH excluding ortho intramolecular Hbond substituents is 1. The number of methoxy groups -OCH3 is 1. The number of hydrogen-bond donors (Lipinski definition) is 1. The van der Waals surface area contributed by atoms with E-state index in [-0.39, 0.29) is 5.75 Å². The molecule has 0 saturated carbocycles. The number of nitrogens with zero attached hydrogens (tertiary/aromatic N) is 1. The number of rotatable bonds is 4. The van der Waals surface area contributed by atoms with Crippen LogP contribution in [0.4, 0.5) is 0 Å². The Kier molecular flexibility index (Phi) is 3.77. The second-order valence-corrected chi connectivity index (χ2v) is 3.30. The molecule has 14 heavy (non-hydrogen) atoms. The van der Waals surface area contributed by atoms with Crippen LogP contribution in [0.1, 0.15) is 12.5 Å². The highest BCUT2D eigenvalue weighted by atomic mass is 16.5. The second-order valence-electron chi connectivity index (χ2n) is 3.30. The number of ether oxygens (including phenoxy) is 1. The maximum atomic E-state index is 9.78. The van der Waals surface area contributed by atoms with E-state index in [2.05, 4.69) is 11.8 Å². The van der Waals surface area contributed by atoms with Crippen molar-refractivity contribution < 1.29 is 9.84 Å². The molecule has 0 fully saturated rings. The first-order valence-electron chi connectivity index (χ1n) is 4.72. The molecule has 1 rings (SSSR count). The van der Waals surface area contributed by atoms with Crippen LogP contribution in [-0.2, 0) is 6.54 Å². The van der Waals surface area contributed by atoms with E-state index >= 15 is 0 Å². The second kappa shape index (κ2) is 4.86. The Morgan fingerprint density at radius 1 is 1.43 bits per heavy atom. The molecule has 0 atom stereocenters. The van der Waals surface area contributed by atoms with Crippen molar-refractivity contribution in [3.63, 3.8) is 0 Å². The lowest BCUT2D eigenvalue weighted by Crippen LogP contribution is -2.16. The zero-order chi connectivity index (χ0) is 10.6. The molecule has 1 aromatic carbocycles.